The van der Waals surface area contributed by atoms with E-state index in [2.05, 4.69) is 22.4 Å². The van der Waals surface area contributed by atoms with Crippen molar-refractivity contribution in [3.8, 4) is 0 Å². The number of primary amides is 1. The van der Waals surface area contributed by atoms with E-state index in [0.29, 0.717) is 0 Å². The molecule has 0 aromatic rings. The topological polar surface area (TPSA) is 55.5 Å². The second-order valence-corrected chi connectivity index (χ2v) is 3.31. The highest BCUT2D eigenvalue weighted by Crippen LogP contribution is 2.25. The number of hydrogen-bond acceptors (Lipinski definition) is 3. The van der Waals surface area contributed by atoms with Gasteiger partial charge in [0.2, 0.25) is 5.91 Å². The third-order valence-electron chi connectivity index (χ3n) is 2.33. The van der Waals surface area contributed by atoms with Crippen molar-refractivity contribution in [1.29, 1.82) is 0 Å². The van der Waals surface area contributed by atoms with E-state index in [1.54, 1.807) is 0 Å². The average molecular weight is 184 g/mol. The summed E-state index contributed by atoms with van der Waals surface area (Å²) < 4.78 is 0. The monoisotopic (exact) mass is 184 g/mol. The van der Waals surface area contributed by atoms with Gasteiger partial charge < -0.3 is 5.73 Å². The van der Waals surface area contributed by atoms with E-state index < -0.39 is 0 Å². The summed E-state index contributed by atoms with van der Waals surface area (Å²) in [5.41, 5.74) is 5.18. The van der Waals surface area contributed by atoms with Crippen LogP contribution < -0.4 is 5.73 Å². The van der Waals surface area contributed by atoms with Crippen molar-refractivity contribution in [1.82, 2.24) is 0 Å². The van der Waals surface area contributed by atoms with Gasteiger partial charge in [0.05, 0.1) is 11.2 Å². The number of thiocarbonyl (C=S) groups is 1. The van der Waals surface area contributed by atoms with Crippen LogP contribution in [-0.2, 0) is 4.79 Å². The molecule has 0 atom stereocenters. The van der Waals surface area contributed by atoms with Crippen LogP contribution in [0.3, 0.4) is 0 Å². The van der Waals surface area contributed by atoms with Crippen molar-refractivity contribution < 1.29 is 4.79 Å². The molecule has 0 heterocycles. The van der Waals surface area contributed by atoms with Crippen LogP contribution in [0.4, 0.5) is 0 Å². The first-order valence-electron chi connectivity index (χ1n) is 4.10. The zero-order valence-electron chi connectivity index (χ0n) is 6.82. The number of aliphatic imine (C=N–C) groups is 1. The summed E-state index contributed by atoms with van der Waals surface area (Å²) in [7, 11) is 0. The second-order valence-electron chi connectivity index (χ2n) is 3.13. The number of nitrogens with two attached hydrogens (primary N) is 1. The fourth-order valence-electron chi connectivity index (χ4n) is 1.56. The predicted octanol–water partition coefficient (Wildman–Crippen LogP) is 1.13. The molecule has 0 aromatic heterocycles. The van der Waals surface area contributed by atoms with Gasteiger partial charge in [-0.15, -0.1) is 0 Å². The number of amides is 1. The molecular weight excluding hydrogens is 172 g/mol. The van der Waals surface area contributed by atoms with E-state index >= 15 is 0 Å². The van der Waals surface area contributed by atoms with Crippen LogP contribution in [-0.4, -0.2) is 17.1 Å². The van der Waals surface area contributed by atoms with Gasteiger partial charge in [0.1, 0.15) is 0 Å². The lowest BCUT2D eigenvalue weighted by Crippen LogP contribution is -2.28. The van der Waals surface area contributed by atoms with Crippen LogP contribution in [0.5, 0.6) is 0 Å². The Bertz CT molecular complexity index is 205. The first-order chi connectivity index (χ1) is 5.74. The van der Waals surface area contributed by atoms with Crippen molar-refractivity contribution in [3.05, 3.63) is 0 Å². The van der Waals surface area contributed by atoms with E-state index in [4.69, 9.17) is 5.73 Å². The Morgan fingerprint density at radius 1 is 1.42 bits per heavy atom. The molecule has 1 amide bonds. The Morgan fingerprint density at radius 3 is 2.42 bits per heavy atom. The Labute approximate surface area is 77.0 Å². The largest absolute Gasteiger partial charge is 0.369 e. The number of carbonyl (C=O) groups is 1. The van der Waals surface area contributed by atoms with E-state index in [1.807, 2.05) is 0 Å². The second kappa shape index (κ2) is 4.33. The number of nitrogens with zero attached hydrogens (tertiary/aromatic N) is 1. The van der Waals surface area contributed by atoms with Crippen LogP contribution >= 0.6 is 12.2 Å². The Morgan fingerprint density at radius 2 is 2.00 bits per heavy atom. The van der Waals surface area contributed by atoms with Crippen LogP contribution in [0.15, 0.2) is 4.99 Å². The summed E-state index contributed by atoms with van der Waals surface area (Å²) in [6.45, 7) is 0. The highest BCUT2D eigenvalue weighted by Gasteiger charge is 2.23. The minimum Gasteiger partial charge on any atom is -0.369 e. The zero-order chi connectivity index (χ0) is 8.97. The molecule has 4 heteroatoms. The van der Waals surface area contributed by atoms with Crippen molar-refractivity contribution in [2.75, 3.05) is 0 Å². The average Bonchev–Trinajstić information content (AvgIpc) is 2.06. The quantitative estimate of drug-likeness (QED) is 0.516. The van der Waals surface area contributed by atoms with Crippen LogP contribution in [0.25, 0.3) is 0 Å². The maximum absolute atomic E-state index is 10.8. The highest BCUT2D eigenvalue weighted by molar-refractivity contribution is 7.78. The Hall–Kier alpha value is -0.730. The number of hydrogen-bond donors (Lipinski definition) is 1. The molecule has 0 radical (unpaired) electrons. The van der Waals surface area contributed by atoms with Gasteiger partial charge in [0.15, 0.2) is 0 Å². The van der Waals surface area contributed by atoms with Crippen molar-refractivity contribution in [2.24, 2.45) is 16.6 Å². The van der Waals surface area contributed by atoms with E-state index in [1.165, 1.54) is 0 Å². The Kier molecular flexibility index (Phi) is 3.38. The zero-order valence-corrected chi connectivity index (χ0v) is 7.64. The van der Waals surface area contributed by atoms with Crippen LogP contribution in [0.2, 0.25) is 0 Å². The molecule has 0 bridgehead atoms. The van der Waals surface area contributed by atoms with Crippen LogP contribution in [0, 0.1) is 5.92 Å². The molecule has 0 unspecified atom stereocenters. The van der Waals surface area contributed by atoms with Gasteiger partial charge in [-0.25, -0.2) is 4.99 Å². The summed E-state index contributed by atoms with van der Waals surface area (Å²) >= 11 is 4.51. The third kappa shape index (κ3) is 2.40. The van der Waals surface area contributed by atoms with Gasteiger partial charge in [-0.2, -0.15) is 0 Å². The molecule has 2 N–H and O–H groups in total. The number of rotatable bonds is 2. The summed E-state index contributed by atoms with van der Waals surface area (Å²) in [6.07, 6.45) is 3.52. The van der Waals surface area contributed by atoms with Gasteiger partial charge in [0.25, 0.3) is 0 Å². The van der Waals surface area contributed by atoms with Gasteiger partial charge >= 0.3 is 0 Å². The first-order valence-corrected chi connectivity index (χ1v) is 4.51. The minimum absolute atomic E-state index is 0.0570. The molecule has 0 aromatic carbocycles. The summed E-state index contributed by atoms with van der Waals surface area (Å²) in [6, 6.07) is 0.276. The van der Waals surface area contributed by atoms with Gasteiger partial charge in [0, 0.05) is 5.92 Å². The Balaban J connectivity index is 2.39. The summed E-state index contributed by atoms with van der Waals surface area (Å²) in [5.74, 6) is -0.124. The molecule has 1 aliphatic carbocycles. The smallest absolute Gasteiger partial charge is 0.220 e. The molecule has 0 aliphatic heterocycles. The number of carbonyl (C=O) groups excluding carboxylic acids is 1. The van der Waals surface area contributed by atoms with Gasteiger partial charge in [-0.1, -0.05) is 0 Å². The lowest BCUT2D eigenvalue weighted by Gasteiger charge is -2.22. The van der Waals surface area contributed by atoms with E-state index in [0.717, 1.165) is 25.7 Å². The lowest BCUT2D eigenvalue weighted by atomic mass is 9.86. The molecule has 1 aliphatic rings. The molecule has 1 fully saturated rings. The normalized spacial score (nSPS) is 29.0. The highest BCUT2D eigenvalue weighted by atomic mass is 32.1. The molecule has 66 valence electrons. The maximum Gasteiger partial charge on any atom is 0.220 e. The van der Waals surface area contributed by atoms with Gasteiger partial charge in [-0.3, -0.25) is 4.79 Å². The third-order valence-corrected chi connectivity index (χ3v) is 2.44. The fraction of sp³-hybridized carbons (Fsp3) is 0.750. The van der Waals surface area contributed by atoms with E-state index in [9.17, 15) is 4.79 Å². The van der Waals surface area contributed by atoms with E-state index in [-0.39, 0.29) is 17.9 Å². The first kappa shape index (κ1) is 9.36. The molecule has 0 spiro atoms. The van der Waals surface area contributed by atoms with Crippen molar-refractivity contribution in [2.45, 2.75) is 31.7 Å². The van der Waals surface area contributed by atoms with Crippen molar-refractivity contribution in [3.63, 3.8) is 0 Å². The van der Waals surface area contributed by atoms with Gasteiger partial charge in [-0.05, 0) is 37.9 Å². The molecule has 1 rings (SSSR count). The molecule has 3 nitrogen and oxygen atoms in total. The molecule has 0 saturated heterocycles. The molecule has 12 heavy (non-hydrogen) atoms. The fourth-order valence-corrected chi connectivity index (χ4v) is 1.71. The van der Waals surface area contributed by atoms with Crippen LogP contribution in [0.1, 0.15) is 25.7 Å². The van der Waals surface area contributed by atoms with Crippen molar-refractivity contribution >= 4 is 23.3 Å². The molecular formula is C8H12N2OS. The maximum atomic E-state index is 10.8. The predicted molar refractivity (Wildman–Crippen MR) is 50.0 cm³/mol. The summed E-state index contributed by atoms with van der Waals surface area (Å²) in [5, 5.41) is 2.37. The lowest BCUT2D eigenvalue weighted by molar-refractivity contribution is -0.122. The molecule has 1 saturated carbocycles. The SMILES string of the molecule is NC(=O)[C@H]1CC[C@H](N=C=S)CC1. The standard InChI is InChI=1S/C8H12N2OS/c9-8(11)6-1-3-7(4-2-6)10-5-12/h6-7H,1-4H2,(H2,9,11)/t6-,7-. The summed E-state index contributed by atoms with van der Waals surface area (Å²) in [4.78, 5) is 14.8. The number of isothiocyanates is 1. The minimum atomic E-state index is -0.181.